The van der Waals surface area contributed by atoms with Crippen LogP contribution in [0.4, 0.5) is 10.5 Å². The highest BCUT2D eigenvalue weighted by Gasteiger charge is 2.38. The minimum absolute atomic E-state index is 0.0580. The van der Waals surface area contributed by atoms with Crippen LogP contribution in [0.2, 0.25) is 0 Å². The predicted molar refractivity (Wildman–Crippen MR) is 208 cm³/mol. The third kappa shape index (κ3) is 8.21. The molecular weight excluding hydrogens is 701 g/mol. The van der Waals surface area contributed by atoms with Gasteiger partial charge in [-0.05, 0) is 46.9 Å². The summed E-state index contributed by atoms with van der Waals surface area (Å²) in [6, 6.07) is 41.8. The van der Waals surface area contributed by atoms with Crippen LogP contribution in [0.3, 0.4) is 0 Å². The molecular formula is C43H40N4O6S. The molecule has 11 heteroatoms. The number of nitrogens with zero attached hydrogens (tertiary/aromatic N) is 3. The number of benzene rings is 5. The molecule has 1 amide bonds. The first-order valence-electron chi connectivity index (χ1n) is 17.6. The third-order valence-electron chi connectivity index (χ3n) is 9.36. The van der Waals surface area contributed by atoms with Crippen LogP contribution in [0.15, 0.2) is 156 Å². The first-order chi connectivity index (χ1) is 26.2. The monoisotopic (exact) mass is 740 g/mol. The van der Waals surface area contributed by atoms with Crippen molar-refractivity contribution in [3.8, 4) is 0 Å². The van der Waals surface area contributed by atoms with E-state index in [0.29, 0.717) is 17.7 Å². The molecule has 274 valence electrons. The van der Waals surface area contributed by atoms with Gasteiger partial charge >= 0.3 is 12.1 Å². The lowest BCUT2D eigenvalue weighted by molar-refractivity contribution is -0.385. The summed E-state index contributed by atoms with van der Waals surface area (Å²) in [5, 5.41) is 24.7. The minimum Gasteiger partial charge on any atom is -0.480 e. The molecule has 0 spiro atoms. The second-order valence-electron chi connectivity index (χ2n) is 12.9. The average molecular weight is 741 g/mol. The topological polar surface area (TPSA) is 137 Å². The Labute approximate surface area is 318 Å². The molecule has 5 aromatic carbocycles. The summed E-state index contributed by atoms with van der Waals surface area (Å²) >= 11 is 1.51. The Morgan fingerprint density at radius 3 is 1.93 bits per heavy atom. The molecule has 1 aromatic heterocycles. The Morgan fingerprint density at radius 2 is 1.43 bits per heavy atom. The number of imidazole rings is 1. The lowest BCUT2D eigenvalue weighted by Gasteiger charge is -2.37. The number of rotatable bonds is 15. The van der Waals surface area contributed by atoms with Crippen molar-refractivity contribution in [2.24, 2.45) is 0 Å². The number of aromatic nitrogens is 2. The molecule has 6 aromatic rings. The smallest absolute Gasteiger partial charge is 0.407 e. The van der Waals surface area contributed by atoms with Crippen molar-refractivity contribution in [1.29, 1.82) is 0 Å². The van der Waals surface area contributed by atoms with Crippen LogP contribution >= 0.6 is 11.8 Å². The van der Waals surface area contributed by atoms with E-state index < -0.39 is 34.5 Å². The predicted octanol–water partition coefficient (Wildman–Crippen LogP) is 8.87. The number of hydrogen-bond donors (Lipinski definition) is 2. The molecule has 0 saturated heterocycles. The molecule has 0 aliphatic heterocycles. The molecule has 6 rings (SSSR count). The zero-order valence-electron chi connectivity index (χ0n) is 29.9. The van der Waals surface area contributed by atoms with E-state index in [1.807, 2.05) is 139 Å². The van der Waals surface area contributed by atoms with E-state index >= 15 is 0 Å². The highest BCUT2D eigenvalue weighted by molar-refractivity contribution is 7.99. The third-order valence-corrected chi connectivity index (χ3v) is 10.5. The number of nitro groups is 1. The average Bonchev–Trinajstić information content (AvgIpc) is 3.67. The number of hydrogen-bond acceptors (Lipinski definition) is 7. The molecule has 0 aliphatic rings. The Hall–Kier alpha value is -6.20. The number of nitro benzene ring substituents is 1. The number of carbonyl (C=O) groups is 2. The van der Waals surface area contributed by atoms with Crippen LogP contribution in [-0.4, -0.2) is 44.3 Å². The van der Waals surface area contributed by atoms with Crippen molar-refractivity contribution in [3.05, 3.63) is 190 Å². The number of amides is 1. The summed E-state index contributed by atoms with van der Waals surface area (Å²) < 4.78 is 7.47. The number of carboxylic acid groups (broad SMARTS) is 1. The normalized spacial score (nSPS) is 12.4. The first kappa shape index (κ1) is 37.6. The fourth-order valence-electron chi connectivity index (χ4n) is 6.69. The number of carbonyl (C=O) groups excluding carboxylic acids is 1. The number of aliphatic carboxylic acids is 1. The van der Waals surface area contributed by atoms with E-state index in [1.54, 1.807) is 25.4 Å². The van der Waals surface area contributed by atoms with Gasteiger partial charge in [0.05, 0.1) is 16.9 Å². The fraction of sp³-hybridized carbons (Fsp3) is 0.186. The van der Waals surface area contributed by atoms with Gasteiger partial charge in [-0.1, -0.05) is 135 Å². The summed E-state index contributed by atoms with van der Waals surface area (Å²) in [6.45, 7) is 3.47. The van der Waals surface area contributed by atoms with Gasteiger partial charge in [0.25, 0.3) is 5.69 Å². The van der Waals surface area contributed by atoms with Gasteiger partial charge in [0.1, 0.15) is 18.2 Å². The molecule has 0 bridgehead atoms. The second kappa shape index (κ2) is 17.1. The number of carboxylic acids is 1. The zero-order chi connectivity index (χ0) is 38.1. The van der Waals surface area contributed by atoms with Crippen LogP contribution in [0.1, 0.15) is 53.3 Å². The Kier molecular flexibility index (Phi) is 11.9. The first-order valence-corrected chi connectivity index (χ1v) is 18.4. The number of alkyl carbamates (subject to hydrolysis) is 1. The highest BCUT2D eigenvalue weighted by atomic mass is 32.2. The van der Waals surface area contributed by atoms with E-state index in [4.69, 9.17) is 4.74 Å². The molecule has 2 unspecified atom stereocenters. The van der Waals surface area contributed by atoms with Crippen molar-refractivity contribution >= 4 is 29.5 Å². The van der Waals surface area contributed by atoms with E-state index in [9.17, 15) is 24.8 Å². The van der Waals surface area contributed by atoms with E-state index in [1.165, 1.54) is 11.8 Å². The molecule has 54 heavy (non-hydrogen) atoms. The van der Waals surface area contributed by atoms with E-state index in [0.717, 1.165) is 32.0 Å². The van der Waals surface area contributed by atoms with Gasteiger partial charge in [-0.25, -0.2) is 14.6 Å². The molecule has 0 radical (unpaired) electrons. The van der Waals surface area contributed by atoms with Gasteiger partial charge < -0.3 is 19.7 Å². The number of nitrogens with one attached hydrogen (secondary N) is 1. The standard InChI is InChI=1S/C43H40N4O6S/c1-3-31-24-39(47(51)52)37(26-40(31)54-36-22-14-7-15-23-36)30(2)28-53-42(50)45-38(41(48)49)25-35-27-46(29-44-35)43(32-16-8-4-9-17-32,33-18-10-5-11-19-33)34-20-12-6-13-21-34/h4-24,26-27,29-30,38H,3,25,28H2,1-2H3,(H,45,50)(H,48,49). The van der Waals surface area contributed by atoms with Crippen molar-refractivity contribution in [2.75, 3.05) is 6.61 Å². The SMILES string of the molecule is CCc1cc([N+](=O)[O-])c(C(C)COC(=O)NC(Cc2cn(C(c3ccccc3)(c3ccccc3)c3ccccc3)cn2)C(=O)O)cc1Sc1ccccc1. The summed E-state index contributed by atoms with van der Waals surface area (Å²) in [6.07, 6.45) is 3.02. The summed E-state index contributed by atoms with van der Waals surface area (Å²) in [5.41, 5.74) is 3.74. The maximum absolute atomic E-state index is 13.1. The molecule has 0 aliphatic carbocycles. The van der Waals surface area contributed by atoms with Gasteiger partial charge in [-0.15, -0.1) is 0 Å². The van der Waals surface area contributed by atoms with Crippen LogP contribution in [-0.2, 0) is 27.9 Å². The van der Waals surface area contributed by atoms with E-state index in [-0.39, 0.29) is 18.7 Å². The van der Waals surface area contributed by atoms with Crippen molar-refractivity contribution in [3.63, 3.8) is 0 Å². The summed E-state index contributed by atoms with van der Waals surface area (Å²) in [5.74, 6) is -1.82. The number of ether oxygens (including phenoxy) is 1. The fourth-order valence-corrected chi connectivity index (χ4v) is 7.76. The number of aryl methyl sites for hydroxylation is 1. The molecule has 2 N–H and O–H groups in total. The molecule has 10 nitrogen and oxygen atoms in total. The lowest BCUT2D eigenvalue weighted by atomic mass is 9.77. The van der Waals surface area contributed by atoms with Crippen LogP contribution in [0, 0.1) is 10.1 Å². The van der Waals surface area contributed by atoms with Crippen LogP contribution in [0.25, 0.3) is 0 Å². The molecule has 2 atom stereocenters. The molecule has 0 saturated carbocycles. The van der Waals surface area contributed by atoms with E-state index in [2.05, 4.69) is 10.3 Å². The summed E-state index contributed by atoms with van der Waals surface area (Å²) in [4.78, 5) is 43.7. The maximum Gasteiger partial charge on any atom is 0.407 e. The van der Waals surface area contributed by atoms with Crippen LogP contribution < -0.4 is 5.32 Å². The highest BCUT2D eigenvalue weighted by Crippen LogP contribution is 2.41. The minimum atomic E-state index is -1.36. The quantitative estimate of drug-likeness (QED) is 0.0606. The Balaban J connectivity index is 1.21. The van der Waals surface area contributed by atoms with Gasteiger partial charge in [-0.3, -0.25) is 10.1 Å². The zero-order valence-corrected chi connectivity index (χ0v) is 30.7. The largest absolute Gasteiger partial charge is 0.480 e. The van der Waals surface area contributed by atoms with Gasteiger partial charge in [-0.2, -0.15) is 0 Å². The Morgan fingerprint density at radius 1 is 0.889 bits per heavy atom. The maximum atomic E-state index is 13.1. The van der Waals surface area contributed by atoms with Crippen molar-refractivity contribution in [2.45, 2.75) is 54.0 Å². The second-order valence-corrected chi connectivity index (χ2v) is 14.0. The van der Waals surface area contributed by atoms with Crippen molar-refractivity contribution in [1.82, 2.24) is 14.9 Å². The van der Waals surface area contributed by atoms with Gasteiger partial charge in [0, 0.05) is 40.0 Å². The molecule has 1 heterocycles. The van der Waals surface area contributed by atoms with Gasteiger partial charge in [0.2, 0.25) is 0 Å². The molecule has 0 fully saturated rings. The Bertz CT molecular complexity index is 2100. The summed E-state index contributed by atoms with van der Waals surface area (Å²) in [7, 11) is 0. The van der Waals surface area contributed by atoms with Gasteiger partial charge in [0.15, 0.2) is 0 Å². The van der Waals surface area contributed by atoms with Crippen LogP contribution in [0.5, 0.6) is 0 Å². The van der Waals surface area contributed by atoms with Crippen molar-refractivity contribution < 1.29 is 24.4 Å². The lowest BCUT2D eigenvalue weighted by Crippen LogP contribution is -2.43.